The van der Waals surface area contributed by atoms with Crippen LogP contribution in [0.2, 0.25) is 0 Å². The molecule has 0 aliphatic rings. The fraction of sp³-hybridized carbons (Fsp3) is 0.333. The van der Waals surface area contributed by atoms with Gasteiger partial charge in [0.25, 0.3) is 0 Å². The SMILES string of the molecule is Cc1c(N)ccc(CO)c1C. The van der Waals surface area contributed by atoms with Crippen molar-refractivity contribution in [1.29, 1.82) is 0 Å². The molecule has 60 valence electrons. The van der Waals surface area contributed by atoms with Crippen LogP contribution in [0.25, 0.3) is 0 Å². The number of rotatable bonds is 1. The highest BCUT2D eigenvalue weighted by Crippen LogP contribution is 2.18. The first-order valence-corrected chi connectivity index (χ1v) is 3.62. The second-order valence-electron chi connectivity index (χ2n) is 2.72. The molecule has 0 saturated heterocycles. The third kappa shape index (κ3) is 1.35. The zero-order valence-electron chi connectivity index (χ0n) is 6.89. The van der Waals surface area contributed by atoms with Crippen molar-refractivity contribution in [2.45, 2.75) is 20.5 Å². The Morgan fingerprint density at radius 3 is 2.45 bits per heavy atom. The number of anilines is 1. The molecule has 3 N–H and O–H groups in total. The molecule has 0 amide bonds. The average Bonchev–Trinajstić information content (AvgIpc) is 2.01. The van der Waals surface area contributed by atoms with Crippen LogP contribution in [0, 0.1) is 13.8 Å². The third-order valence-corrected chi connectivity index (χ3v) is 2.11. The minimum absolute atomic E-state index is 0.0902. The number of aliphatic hydroxyl groups is 1. The normalized spacial score (nSPS) is 10.1. The second kappa shape index (κ2) is 2.93. The Bertz CT molecular complexity index is 269. The Labute approximate surface area is 66.7 Å². The molecule has 1 aromatic carbocycles. The van der Waals surface area contributed by atoms with Gasteiger partial charge in [0.05, 0.1) is 6.61 Å². The van der Waals surface area contributed by atoms with Crippen molar-refractivity contribution in [2.75, 3.05) is 5.73 Å². The van der Waals surface area contributed by atoms with Gasteiger partial charge >= 0.3 is 0 Å². The summed E-state index contributed by atoms with van der Waals surface area (Å²) in [6.45, 7) is 4.02. The van der Waals surface area contributed by atoms with Gasteiger partial charge in [-0.25, -0.2) is 0 Å². The molecule has 0 bridgehead atoms. The van der Waals surface area contributed by atoms with Gasteiger partial charge in [-0.1, -0.05) is 6.07 Å². The van der Waals surface area contributed by atoms with E-state index in [1.165, 1.54) is 0 Å². The second-order valence-corrected chi connectivity index (χ2v) is 2.72. The highest BCUT2D eigenvalue weighted by molar-refractivity contribution is 5.52. The molecule has 0 heterocycles. The van der Waals surface area contributed by atoms with Crippen molar-refractivity contribution in [3.05, 3.63) is 28.8 Å². The summed E-state index contributed by atoms with van der Waals surface area (Å²) in [4.78, 5) is 0. The Morgan fingerprint density at radius 1 is 1.27 bits per heavy atom. The van der Waals surface area contributed by atoms with Crippen LogP contribution in [0.1, 0.15) is 16.7 Å². The molecule has 0 atom stereocenters. The molecule has 0 aromatic heterocycles. The predicted molar refractivity (Wildman–Crippen MR) is 46.3 cm³/mol. The van der Waals surface area contributed by atoms with Gasteiger partial charge in [-0.05, 0) is 36.6 Å². The third-order valence-electron chi connectivity index (χ3n) is 2.11. The van der Waals surface area contributed by atoms with E-state index in [9.17, 15) is 0 Å². The maximum atomic E-state index is 8.89. The highest BCUT2D eigenvalue weighted by Gasteiger charge is 2.01. The van der Waals surface area contributed by atoms with Crippen LogP contribution in [0.3, 0.4) is 0 Å². The summed E-state index contributed by atoms with van der Waals surface area (Å²) in [6.07, 6.45) is 0. The fourth-order valence-electron chi connectivity index (χ4n) is 1.07. The van der Waals surface area contributed by atoms with Gasteiger partial charge in [0.15, 0.2) is 0 Å². The first-order chi connectivity index (χ1) is 5.16. The molecule has 0 unspecified atom stereocenters. The van der Waals surface area contributed by atoms with E-state index in [-0.39, 0.29) is 6.61 Å². The summed E-state index contributed by atoms with van der Waals surface area (Å²) in [5, 5.41) is 8.89. The van der Waals surface area contributed by atoms with Gasteiger partial charge in [-0.2, -0.15) is 0 Å². The van der Waals surface area contributed by atoms with Crippen molar-refractivity contribution in [3.63, 3.8) is 0 Å². The maximum Gasteiger partial charge on any atom is 0.0684 e. The molecule has 1 rings (SSSR count). The lowest BCUT2D eigenvalue weighted by atomic mass is 10.0. The van der Waals surface area contributed by atoms with Gasteiger partial charge in [-0.15, -0.1) is 0 Å². The molecule has 11 heavy (non-hydrogen) atoms. The van der Waals surface area contributed by atoms with Crippen LogP contribution in [-0.2, 0) is 6.61 Å². The number of aliphatic hydroxyl groups excluding tert-OH is 1. The first kappa shape index (κ1) is 8.08. The Morgan fingerprint density at radius 2 is 1.91 bits per heavy atom. The molecular weight excluding hydrogens is 138 g/mol. The lowest BCUT2D eigenvalue weighted by Gasteiger charge is -2.07. The number of nitrogens with two attached hydrogens (primary N) is 1. The van der Waals surface area contributed by atoms with Gasteiger partial charge in [-0.3, -0.25) is 0 Å². The molecule has 0 spiro atoms. The number of hydrogen-bond acceptors (Lipinski definition) is 2. The average molecular weight is 151 g/mol. The van der Waals surface area contributed by atoms with E-state index in [0.717, 1.165) is 22.4 Å². The quantitative estimate of drug-likeness (QED) is 0.595. The van der Waals surface area contributed by atoms with Gasteiger partial charge < -0.3 is 10.8 Å². The summed E-state index contributed by atoms with van der Waals surface area (Å²) in [5.41, 5.74) is 9.57. The van der Waals surface area contributed by atoms with E-state index in [2.05, 4.69) is 0 Å². The Balaban J connectivity index is 3.25. The van der Waals surface area contributed by atoms with Crippen LogP contribution in [-0.4, -0.2) is 5.11 Å². The topological polar surface area (TPSA) is 46.2 Å². The molecule has 2 heteroatoms. The van der Waals surface area contributed by atoms with Gasteiger partial charge in [0.2, 0.25) is 0 Å². The van der Waals surface area contributed by atoms with Gasteiger partial charge in [0.1, 0.15) is 0 Å². The van der Waals surface area contributed by atoms with Crippen molar-refractivity contribution >= 4 is 5.69 Å². The Kier molecular flexibility index (Phi) is 2.15. The summed E-state index contributed by atoms with van der Waals surface area (Å²) in [6, 6.07) is 3.69. The lowest BCUT2D eigenvalue weighted by molar-refractivity contribution is 0.281. The van der Waals surface area contributed by atoms with Crippen molar-refractivity contribution < 1.29 is 5.11 Å². The van der Waals surface area contributed by atoms with E-state index >= 15 is 0 Å². The summed E-state index contributed by atoms with van der Waals surface area (Å²) in [7, 11) is 0. The Hall–Kier alpha value is -1.02. The fourth-order valence-corrected chi connectivity index (χ4v) is 1.07. The predicted octanol–water partition coefficient (Wildman–Crippen LogP) is 1.38. The van der Waals surface area contributed by atoms with E-state index in [4.69, 9.17) is 10.8 Å². The zero-order chi connectivity index (χ0) is 8.43. The lowest BCUT2D eigenvalue weighted by Crippen LogP contribution is -1.96. The molecule has 0 aliphatic heterocycles. The molecule has 2 nitrogen and oxygen atoms in total. The molecule has 1 aromatic rings. The first-order valence-electron chi connectivity index (χ1n) is 3.62. The van der Waals surface area contributed by atoms with Crippen molar-refractivity contribution in [3.8, 4) is 0 Å². The standard InChI is InChI=1S/C9H13NO/c1-6-7(2)9(10)4-3-8(6)5-11/h3-4,11H,5,10H2,1-2H3. The molecule has 0 fully saturated rings. The van der Waals surface area contributed by atoms with Crippen LogP contribution in [0.4, 0.5) is 5.69 Å². The summed E-state index contributed by atoms with van der Waals surface area (Å²) >= 11 is 0. The van der Waals surface area contributed by atoms with E-state index in [1.54, 1.807) is 0 Å². The largest absolute Gasteiger partial charge is 0.399 e. The van der Waals surface area contributed by atoms with Crippen LogP contribution in [0.5, 0.6) is 0 Å². The van der Waals surface area contributed by atoms with Crippen LogP contribution >= 0.6 is 0 Å². The number of benzene rings is 1. The number of hydrogen-bond donors (Lipinski definition) is 2. The maximum absolute atomic E-state index is 8.89. The van der Waals surface area contributed by atoms with Crippen LogP contribution in [0.15, 0.2) is 12.1 Å². The monoisotopic (exact) mass is 151 g/mol. The summed E-state index contributed by atoms with van der Waals surface area (Å²) in [5.74, 6) is 0. The van der Waals surface area contributed by atoms with Crippen LogP contribution < -0.4 is 5.73 Å². The zero-order valence-corrected chi connectivity index (χ0v) is 6.89. The number of nitrogen functional groups attached to an aromatic ring is 1. The minimum atomic E-state index is 0.0902. The molecule has 0 saturated carbocycles. The molecule has 0 aliphatic carbocycles. The smallest absolute Gasteiger partial charge is 0.0684 e. The van der Waals surface area contributed by atoms with Gasteiger partial charge in [0, 0.05) is 5.69 Å². The van der Waals surface area contributed by atoms with Crippen molar-refractivity contribution in [2.24, 2.45) is 0 Å². The van der Waals surface area contributed by atoms with E-state index in [1.807, 2.05) is 26.0 Å². The molecular formula is C9H13NO. The molecule has 0 radical (unpaired) electrons. The minimum Gasteiger partial charge on any atom is -0.399 e. The van der Waals surface area contributed by atoms with Crippen molar-refractivity contribution in [1.82, 2.24) is 0 Å². The summed E-state index contributed by atoms with van der Waals surface area (Å²) < 4.78 is 0. The van der Waals surface area contributed by atoms with E-state index < -0.39 is 0 Å². The highest BCUT2D eigenvalue weighted by atomic mass is 16.3. The van der Waals surface area contributed by atoms with E-state index in [0.29, 0.717) is 0 Å².